The summed E-state index contributed by atoms with van der Waals surface area (Å²) in [4.78, 5) is 33.8. The number of carbonyl (C=O) groups excluding carboxylic acids is 1. The van der Waals surface area contributed by atoms with Crippen LogP contribution < -0.4 is 10.2 Å². The number of amides is 1. The highest BCUT2D eigenvalue weighted by molar-refractivity contribution is 5.91. The molecule has 0 bridgehead atoms. The molecule has 0 unspecified atom stereocenters. The second-order valence-electron chi connectivity index (χ2n) is 12.4. The van der Waals surface area contributed by atoms with E-state index in [1.165, 1.54) is 5.56 Å². The summed E-state index contributed by atoms with van der Waals surface area (Å²) in [5, 5.41) is 17.1. The molecule has 1 aliphatic carbocycles. The molecule has 3 aliphatic rings. The highest BCUT2D eigenvalue weighted by Gasteiger charge is 2.48. The Kier molecular flexibility index (Phi) is 6.37. The quantitative estimate of drug-likeness (QED) is 0.501. The van der Waals surface area contributed by atoms with Gasteiger partial charge in [-0.05, 0) is 63.1 Å². The molecule has 9 heteroatoms. The van der Waals surface area contributed by atoms with Gasteiger partial charge in [0.15, 0.2) is 5.65 Å². The van der Waals surface area contributed by atoms with Gasteiger partial charge >= 0.3 is 5.97 Å². The second-order valence-corrected chi connectivity index (χ2v) is 12.4. The van der Waals surface area contributed by atoms with E-state index in [0.717, 1.165) is 56.7 Å². The van der Waals surface area contributed by atoms with Crippen LogP contribution in [0.4, 0.5) is 5.69 Å². The Labute approximate surface area is 229 Å². The van der Waals surface area contributed by atoms with Gasteiger partial charge in [-0.1, -0.05) is 37.3 Å². The second kappa shape index (κ2) is 9.62. The fraction of sp³-hybridized carbons (Fsp3) is 0.533. The van der Waals surface area contributed by atoms with Gasteiger partial charge in [0.1, 0.15) is 0 Å². The summed E-state index contributed by atoms with van der Waals surface area (Å²) in [5.41, 5.74) is 3.67. The number of aryl methyl sites for hydroxylation is 1. The fourth-order valence-corrected chi connectivity index (χ4v) is 6.73. The van der Waals surface area contributed by atoms with E-state index in [9.17, 15) is 14.7 Å². The van der Waals surface area contributed by atoms with Crippen molar-refractivity contribution < 1.29 is 14.7 Å². The van der Waals surface area contributed by atoms with E-state index in [0.29, 0.717) is 24.5 Å². The van der Waals surface area contributed by atoms with Crippen molar-refractivity contribution in [1.29, 1.82) is 0 Å². The summed E-state index contributed by atoms with van der Waals surface area (Å²) in [5.74, 6) is -0.739. The van der Waals surface area contributed by atoms with Gasteiger partial charge in [-0.3, -0.25) is 9.59 Å². The normalized spacial score (nSPS) is 28.0. The number of piperidine rings is 1. The lowest BCUT2D eigenvalue weighted by molar-refractivity contribution is -0.158. The monoisotopic (exact) mass is 530 g/mol. The molecule has 1 saturated carbocycles. The van der Waals surface area contributed by atoms with Crippen LogP contribution >= 0.6 is 0 Å². The number of pyridine rings is 1. The van der Waals surface area contributed by atoms with Crippen molar-refractivity contribution in [1.82, 2.24) is 24.8 Å². The van der Waals surface area contributed by atoms with Crippen LogP contribution in [-0.2, 0) is 10.2 Å². The number of benzene rings is 1. The van der Waals surface area contributed by atoms with E-state index >= 15 is 0 Å². The molecule has 2 saturated heterocycles. The standard InChI is InChI=1S/C30H38N6O3/c1-20-15-23(35-14-11-29(2,19-35)21-7-5-4-6-8-21)18-36-26(20)32-25(33-36)27(37)31-22-9-12-34(13-10-22)24-16-30(3,17-24)28(38)39/h4-8,15,18,22,24H,9-14,16-17,19H2,1-3H3,(H,31,37)(H,38,39)/t24?,29-,30?/m0/s1. The maximum atomic E-state index is 13.1. The summed E-state index contributed by atoms with van der Waals surface area (Å²) in [6, 6.07) is 13.3. The van der Waals surface area contributed by atoms with Crippen LogP contribution in [0.3, 0.4) is 0 Å². The molecule has 2 aliphatic heterocycles. The summed E-state index contributed by atoms with van der Waals surface area (Å²) in [7, 11) is 0. The van der Waals surface area contributed by atoms with E-state index in [1.54, 1.807) is 4.52 Å². The number of nitrogens with one attached hydrogen (secondary N) is 1. The van der Waals surface area contributed by atoms with Crippen LogP contribution in [0.15, 0.2) is 42.6 Å². The van der Waals surface area contributed by atoms with E-state index in [1.807, 2.05) is 20.0 Å². The average molecular weight is 531 g/mol. The van der Waals surface area contributed by atoms with Crippen molar-refractivity contribution >= 4 is 23.2 Å². The molecule has 6 rings (SSSR count). The topological polar surface area (TPSA) is 103 Å². The minimum Gasteiger partial charge on any atom is -0.481 e. The minimum absolute atomic E-state index is 0.0724. The van der Waals surface area contributed by atoms with Gasteiger partial charge in [0, 0.05) is 43.7 Å². The Morgan fingerprint density at radius 3 is 2.49 bits per heavy atom. The van der Waals surface area contributed by atoms with Gasteiger partial charge in [0.25, 0.3) is 5.91 Å². The number of fused-ring (bicyclic) bond motifs is 1. The first-order valence-corrected chi connectivity index (χ1v) is 14.1. The van der Waals surface area contributed by atoms with Crippen molar-refractivity contribution in [3.8, 4) is 0 Å². The molecule has 0 radical (unpaired) electrons. The van der Waals surface area contributed by atoms with E-state index in [2.05, 4.69) is 68.5 Å². The number of anilines is 1. The van der Waals surface area contributed by atoms with Crippen molar-refractivity contribution in [3.05, 3.63) is 59.5 Å². The third-order valence-corrected chi connectivity index (χ3v) is 9.38. The number of hydrogen-bond acceptors (Lipinski definition) is 6. The summed E-state index contributed by atoms with van der Waals surface area (Å²) in [6.07, 6.45) is 6.17. The van der Waals surface area contributed by atoms with E-state index < -0.39 is 11.4 Å². The largest absolute Gasteiger partial charge is 0.481 e. The van der Waals surface area contributed by atoms with Crippen LogP contribution in [-0.4, -0.2) is 74.7 Å². The number of aliphatic carboxylic acids is 1. The molecule has 1 atom stereocenters. The lowest BCUT2D eigenvalue weighted by Crippen LogP contribution is -2.56. The lowest BCUT2D eigenvalue weighted by Gasteiger charge is -2.49. The van der Waals surface area contributed by atoms with E-state index in [-0.39, 0.29) is 23.2 Å². The number of hydrogen-bond donors (Lipinski definition) is 2. The van der Waals surface area contributed by atoms with Crippen molar-refractivity contribution in [2.45, 2.75) is 70.4 Å². The zero-order valence-electron chi connectivity index (χ0n) is 23.1. The van der Waals surface area contributed by atoms with Crippen LogP contribution in [0.25, 0.3) is 5.65 Å². The third kappa shape index (κ3) is 4.77. The smallest absolute Gasteiger partial charge is 0.309 e. The highest BCUT2D eigenvalue weighted by Crippen LogP contribution is 2.44. The Hall–Kier alpha value is -3.46. The first-order chi connectivity index (χ1) is 18.6. The third-order valence-electron chi connectivity index (χ3n) is 9.38. The van der Waals surface area contributed by atoms with Crippen LogP contribution in [0.1, 0.15) is 67.7 Å². The van der Waals surface area contributed by atoms with Gasteiger partial charge in [0.2, 0.25) is 5.82 Å². The first-order valence-electron chi connectivity index (χ1n) is 14.1. The molecule has 39 heavy (non-hydrogen) atoms. The SMILES string of the molecule is Cc1cc(N2CC[C@](C)(c3ccccc3)C2)cn2nc(C(=O)NC3CCN(C4CC(C)(C(=O)O)C4)CC3)nc12. The zero-order chi connectivity index (χ0) is 27.4. The van der Waals surface area contributed by atoms with E-state index in [4.69, 9.17) is 0 Å². The number of carboxylic acids is 1. The Morgan fingerprint density at radius 2 is 1.79 bits per heavy atom. The molecule has 0 spiro atoms. The summed E-state index contributed by atoms with van der Waals surface area (Å²) < 4.78 is 1.75. The van der Waals surface area contributed by atoms with Gasteiger partial charge < -0.3 is 20.2 Å². The molecule has 1 amide bonds. The predicted molar refractivity (Wildman–Crippen MR) is 149 cm³/mol. The predicted octanol–water partition coefficient (Wildman–Crippen LogP) is 3.65. The Morgan fingerprint density at radius 1 is 1.08 bits per heavy atom. The van der Waals surface area contributed by atoms with Gasteiger partial charge in [-0.15, -0.1) is 5.10 Å². The Balaban J connectivity index is 1.08. The number of nitrogens with zero attached hydrogens (tertiary/aromatic N) is 5. The number of carbonyl (C=O) groups is 2. The number of aromatic nitrogens is 3. The number of rotatable bonds is 6. The molecular weight excluding hydrogens is 492 g/mol. The van der Waals surface area contributed by atoms with Gasteiger partial charge in [0.05, 0.1) is 17.3 Å². The average Bonchev–Trinajstić information content (AvgIpc) is 3.53. The molecule has 2 aromatic heterocycles. The van der Waals surface area contributed by atoms with Crippen LogP contribution in [0.5, 0.6) is 0 Å². The molecule has 9 nitrogen and oxygen atoms in total. The number of likely N-dealkylation sites (tertiary alicyclic amines) is 1. The minimum atomic E-state index is -0.700. The molecular formula is C30H38N6O3. The first kappa shape index (κ1) is 25.8. The van der Waals surface area contributed by atoms with Gasteiger partial charge in [-0.2, -0.15) is 0 Å². The molecule has 2 N–H and O–H groups in total. The summed E-state index contributed by atoms with van der Waals surface area (Å²) >= 11 is 0. The highest BCUT2D eigenvalue weighted by atomic mass is 16.4. The number of carboxylic acid groups (broad SMARTS) is 1. The zero-order valence-corrected chi connectivity index (χ0v) is 23.1. The van der Waals surface area contributed by atoms with Crippen molar-refractivity contribution in [2.75, 3.05) is 31.1 Å². The molecule has 3 fully saturated rings. The molecule has 4 heterocycles. The van der Waals surface area contributed by atoms with Crippen molar-refractivity contribution in [3.63, 3.8) is 0 Å². The molecule has 3 aromatic rings. The van der Waals surface area contributed by atoms with Crippen molar-refractivity contribution in [2.24, 2.45) is 5.41 Å². The Bertz CT molecular complexity index is 1390. The maximum Gasteiger partial charge on any atom is 0.309 e. The lowest BCUT2D eigenvalue weighted by atomic mass is 9.66. The van der Waals surface area contributed by atoms with Gasteiger partial charge in [-0.25, -0.2) is 9.50 Å². The maximum absolute atomic E-state index is 13.1. The summed E-state index contributed by atoms with van der Waals surface area (Å²) in [6.45, 7) is 9.81. The molecule has 1 aromatic carbocycles. The van der Waals surface area contributed by atoms with Crippen LogP contribution in [0.2, 0.25) is 0 Å². The fourth-order valence-electron chi connectivity index (χ4n) is 6.73. The molecule has 206 valence electrons. The van der Waals surface area contributed by atoms with Crippen LogP contribution in [0, 0.1) is 12.3 Å².